The van der Waals surface area contributed by atoms with Gasteiger partial charge in [-0.1, -0.05) is 30.3 Å². The molecule has 24 heavy (non-hydrogen) atoms. The number of carbonyl (C=O) groups is 1. The molecule has 0 aliphatic heterocycles. The molecule has 8 heteroatoms. The van der Waals surface area contributed by atoms with Crippen LogP contribution in [-0.4, -0.2) is 26.3 Å². The quantitative estimate of drug-likeness (QED) is 0.633. The number of likely N-dealkylation sites (N-methyl/N-ethyl adjacent to an activating group) is 1. The van der Waals surface area contributed by atoms with Gasteiger partial charge in [-0.05, 0) is 17.2 Å². The molecule has 0 saturated heterocycles. The topological polar surface area (TPSA) is 106 Å². The summed E-state index contributed by atoms with van der Waals surface area (Å²) in [6, 6.07) is 11.6. The second-order valence-corrected chi connectivity index (χ2v) is 7.17. The largest absolute Gasteiger partial charge is 0.359 e. The molecule has 0 aliphatic carbocycles. The highest BCUT2D eigenvalue weighted by Gasteiger charge is 2.18. The first-order valence-electron chi connectivity index (χ1n) is 7.07. The van der Waals surface area contributed by atoms with E-state index < -0.39 is 14.8 Å². The average Bonchev–Trinajstić information content (AvgIpc) is 2.56. The predicted octanol–water partition coefficient (Wildman–Crippen LogP) is 1.86. The van der Waals surface area contributed by atoms with Crippen molar-refractivity contribution in [3.05, 3.63) is 69.8 Å². The van der Waals surface area contributed by atoms with Crippen LogP contribution in [0.2, 0.25) is 0 Å². The summed E-state index contributed by atoms with van der Waals surface area (Å²) < 4.78 is 24.8. The monoisotopic (exact) mass is 348 g/mol. The first kappa shape index (κ1) is 17.6. The molecule has 0 bridgehead atoms. The Kier molecular flexibility index (Phi) is 5.30. The third-order valence-electron chi connectivity index (χ3n) is 3.41. The van der Waals surface area contributed by atoms with Crippen LogP contribution in [0.4, 0.5) is 5.69 Å². The maximum atomic E-state index is 12.4. The van der Waals surface area contributed by atoms with Gasteiger partial charge >= 0.3 is 0 Å². The van der Waals surface area contributed by atoms with Gasteiger partial charge in [0.15, 0.2) is 9.84 Å². The number of carbonyl (C=O) groups excluding carboxylic acids is 1. The van der Waals surface area contributed by atoms with E-state index >= 15 is 0 Å². The van der Waals surface area contributed by atoms with E-state index in [1.807, 2.05) is 0 Å². The molecule has 0 spiro atoms. The third-order valence-corrected chi connectivity index (χ3v) is 5.10. The lowest BCUT2D eigenvalue weighted by molar-refractivity contribution is -0.385. The molecule has 0 saturated carbocycles. The minimum Gasteiger partial charge on any atom is -0.359 e. The highest BCUT2D eigenvalue weighted by atomic mass is 32.2. The summed E-state index contributed by atoms with van der Waals surface area (Å²) in [5.74, 6) is -0.402. The zero-order valence-electron chi connectivity index (χ0n) is 12.9. The summed E-state index contributed by atoms with van der Waals surface area (Å²) >= 11 is 0. The third kappa shape index (κ3) is 4.39. The van der Waals surface area contributed by atoms with E-state index in [0.717, 1.165) is 11.6 Å². The fourth-order valence-corrected chi connectivity index (χ4v) is 3.50. The second kappa shape index (κ2) is 7.22. The molecule has 2 aromatic carbocycles. The molecule has 0 atom stereocenters. The maximum absolute atomic E-state index is 12.4. The number of benzene rings is 2. The van der Waals surface area contributed by atoms with E-state index in [-0.39, 0.29) is 28.7 Å². The number of hydrogen-bond donors (Lipinski definition) is 1. The van der Waals surface area contributed by atoms with Gasteiger partial charge < -0.3 is 5.32 Å². The normalized spacial score (nSPS) is 11.0. The Labute approximate surface area is 139 Å². The molecular formula is C16H16N2O5S. The molecular weight excluding hydrogens is 332 g/mol. The summed E-state index contributed by atoms with van der Waals surface area (Å²) in [7, 11) is -2.15. The molecule has 2 rings (SSSR count). The number of sulfone groups is 1. The van der Waals surface area contributed by atoms with Gasteiger partial charge in [0.25, 0.3) is 5.69 Å². The van der Waals surface area contributed by atoms with Crippen molar-refractivity contribution < 1.29 is 18.1 Å². The van der Waals surface area contributed by atoms with Gasteiger partial charge in [-0.25, -0.2) is 8.42 Å². The van der Waals surface area contributed by atoms with Crippen LogP contribution in [0.25, 0.3) is 0 Å². The Morgan fingerprint density at radius 3 is 2.33 bits per heavy atom. The van der Waals surface area contributed by atoms with Gasteiger partial charge in [-0.3, -0.25) is 14.9 Å². The van der Waals surface area contributed by atoms with Gasteiger partial charge in [0.05, 0.1) is 22.0 Å². The van der Waals surface area contributed by atoms with Crippen molar-refractivity contribution in [2.45, 2.75) is 17.1 Å². The molecule has 0 aliphatic rings. The van der Waals surface area contributed by atoms with Gasteiger partial charge in [0, 0.05) is 19.2 Å². The van der Waals surface area contributed by atoms with Crippen molar-refractivity contribution in [2.75, 3.05) is 7.05 Å². The van der Waals surface area contributed by atoms with Crippen LogP contribution in [0.5, 0.6) is 0 Å². The van der Waals surface area contributed by atoms with E-state index in [1.165, 1.54) is 18.2 Å². The second-order valence-electron chi connectivity index (χ2n) is 5.18. The minimum atomic E-state index is -3.69. The first-order valence-corrected chi connectivity index (χ1v) is 8.72. The van der Waals surface area contributed by atoms with Crippen LogP contribution in [0.15, 0.2) is 53.4 Å². The Morgan fingerprint density at radius 1 is 1.12 bits per heavy atom. The molecule has 0 aromatic heterocycles. The van der Waals surface area contributed by atoms with Crippen LogP contribution < -0.4 is 5.32 Å². The van der Waals surface area contributed by atoms with Crippen molar-refractivity contribution >= 4 is 21.4 Å². The molecule has 0 unspecified atom stereocenters. The molecule has 7 nitrogen and oxygen atoms in total. The number of nitrogens with zero attached hydrogens (tertiary/aromatic N) is 1. The summed E-state index contributed by atoms with van der Waals surface area (Å²) in [5.41, 5.74) is 1.05. The Balaban J connectivity index is 2.18. The molecule has 1 amide bonds. The summed E-state index contributed by atoms with van der Waals surface area (Å²) in [6.45, 7) is 0. The number of amides is 1. The summed E-state index contributed by atoms with van der Waals surface area (Å²) in [4.78, 5) is 21.3. The lowest BCUT2D eigenvalue weighted by atomic mass is 10.1. The van der Waals surface area contributed by atoms with Crippen LogP contribution in [-0.2, 0) is 26.8 Å². The predicted molar refractivity (Wildman–Crippen MR) is 88.2 cm³/mol. The number of hydrogen-bond acceptors (Lipinski definition) is 5. The van der Waals surface area contributed by atoms with Gasteiger partial charge in [-0.15, -0.1) is 0 Å². The molecule has 0 heterocycles. The molecule has 0 fully saturated rings. The highest BCUT2D eigenvalue weighted by molar-refractivity contribution is 7.90. The molecule has 0 radical (unpaired) electrons. The number of non-ortho nitro benzene ring substituents is 1. The zero-order valence-corrected chi connectivity index (χ0v) is 13.7. The Bertz CT molecular complexity index is 860. The fraction of sp³-hybridized carbons (Fsp3) is 0.188. The van der Waals surface area contributed by atoms with E-state index in [4.69, 9.17) is 0 Å². The van der Waals surface area contributed by atoms with Crippen molar-refractivity contribution in [3.8, 4) is 0 Å². The van der Waals surface area contributed by atoms with Crippen LogP contribution in [0.1, 0.15) is 11.1 Å². The van der Waals surface area contributed by atoms with Crippen LogP contribution >= 0.6 is 0 Å². The van der Waals surface area contributed by atoms with Crippen molar-refractivity contribution in [1.29, 1.82) is 0 Å². The number of nitro groups is 1. The van der Waals surface area contributed by atoms with Gasteiger partial charge in [0.1, 0.15) is 0 Å². The summed E-state index contributed by atoms with van der Waals surface area (Å²) in [5, 5.41) is 13.3. The standard InChI is InChI=1S/C16H16N2O5S/c1-17-16(19)9-12-5-7-13(8-6-12)11-24(22,23)15-4-2-3-14(10-15)18(20)21/h2-8,10H,9,11H2,1H3,(H,17,19). The molecule has 1 N–H and O–H groups in total. The number of nitro benzene ring substituents is 1. The average molecular weight is 348 g/mol. The van der Waals surface area contributed by atoms with Crippen LogP contribution in [0.3, 0.4) is 0 Å². The Hall–Kier alpha value is -2.74. The smallest absolute Gasteiger partial charge is 0.270 e. The van der Waals surface area contributed by atoms with Crippen molar-refractivity contribution in [3.63, 3.8) is 0 Å². The van der Waals surface area contributed by atoms with Crippen molar-refractivity contribution in [1.82, 2.24) is 5.32 Å². The Morgan fingerprint density at radius 2 is 1.75 bits per heavy atom. The van der Waals surface area contributed by atoms with Gasteiger partial charge in [-0.2, -0.15) is 0 Å². The molecule has 126 valence electrons. The SMILES string of the molecule is CNC(=O)Cc1ccc(CS(=O)(=O)c2cccc([N+](=O)[O-])c2)cc1. The lowest BCUT2D eigenvalue weighted by Gasteiger charge is -2.06. The fourth-order valence-electron chi connectivity index (χ4n) is 2.12. The van der Waals surface area contributed by atoms with E-state index in [0.29, 0.717) is 5.56 Å². The molecule has 2 aromatic rings. The highest BCUT2D eigenvalue weighted by Crippen LogP contribution is 2.21. The zero-order chi connectivity index (χ0) is 17.7. The minimum absolute atomic E-state index is 0.0915. The number of nitrogens with one attached hydrogen (secondary N) is 1. The van der Waals surface area contributed by atoms with E-state index in [2.05, 4.69) is 5.32 Å². The first-order chi connectivity index (χ1) is 11.3. The lowest BCUT2D eigenvalue weighted by Crippen LogP contribution is -2.19. The van der Waals surface area contributed by atoms with Crippen molar-refractivity contribution in [2.24, 2.45) is 0 Å². The number of rotatable bonds is 6. The maximum Gasteiger partial charge on any atom is 0.270 e. The van der Waals surface area contributed by atoms with Gasteiger partial charge in [0.2, 0.25) is 5.91 Å². The van der Waals surface area contributed by atoms with E-state index in [1.54, 1.807) is 31.3 Å². The van der Waals surface area contributed by atoms with E-state index in [9.17, 15) is 23.3 Å². The van der Waals surface area contributed by atoms with Crippen LogP contribution in [0, 0.1) is 10.1 Å². The summed E-state index contributed by atoms with van der Waals surface area (Å²) in [6.07, 6.45) is 0.217.